The number of hydrogen-bond acceptors (Lipinski definition) is 0. The molecule has 192 valence electrons. The van der Waals surface area contributed by atoms with E-state index in [0.29, 0.717) is 0 Å². The molecule has 0 bridgehead atoms. The molecule has 0 heterocycles. The summed E-state index contributed by atoms with van der Waals surface area (Å²) in [4.78, 5) is 0. The van der Waals surface area contributed by atoms with Gasteiger partial charge in [0.25, 0.3) is 0 Å². The predicted molar refractivity (Wildman–Crippen MR) is 156 cm³/mol. The summed E-state index contributed by atoms with van der Waals surface area (Å²) in [6.45, 7) is 0. The van der Waals surface area contributed by atoms with Crippen molar-refractivity contribution < 1.29 is 0 Å². The van der Waals surface area contributed by atoms with Gasteiger partial charge in [-0.05, 0) is 152 Å². The van der Waals surface area contributed by atoms with Gasteiger partial charge in [-0.25, -0.2) is 0 Å². The van der Waals surface area contributed by atoms with Gasteiger partial charge in [-0.3, -0.25) is 0 Å². The van der Waals surface area contributed by atoms with Crippen molar-refractivity contribution in [1.82, 2.24) is 0 Å². The van der Waals surface area contributed by atoms with E-state index < -0.39 is 0 Å². The zero-order chi connectivity index (χ0) is 24.3. The van der Waals surface area contributed by atoms with Crippen LogP contribution in [-0.2, 0) is 12.8 Å². The SMILES string of the molecule is C1=C(CCCC2=Cc3c(C4CCC4)ccc(C4CCC4)c3C2)Cc2c(C3CCC3)ccc(C3CCC3)c21. The van der Waals surface area contributed by atoms with Gasteiger partial charge in [0.05, 0.1) is 0 Å². The standard InChI is InChI=1S/C37H44/c1(6-24-20-34-30(26-8-2-9-26)16-17-31(35(34)21-24)27-10-3-11-27)7-25-22-36-32(28-12-4-13-28)18-19-33(37(36)23-25)29-14-5-15-29/h16-20,22,26-29H,1-15,21,23H2. The number of allylic oxidation sites excluding steroid dienone is 2. The fraction of sp³-hybridized carbons (Fsp3) is 0.568. The third-order valence-corrected chi connectivity index (χ3v) is 11.5. The van der Waals surface area contributed by atoms with Crippen molar-refractivity contribution in [3.63, 3.8) is 0 Å². The molecule has 0 aromatic heterocycles. The molecule has 2 aromatic carbocycles. The van der Waals surface area contributed by atoms with Crippen molar-refractivity contribution >= 4 is 12.2 Å². The first-order valence-corrected chi connectivity index (χ1v) is 16.0. The molecule has 37 heavy (non-hydrogen) atoms. The minimum atomic E-state index is 0.844. The molecule has 6 aliphatic rings. The molecule has 0 atom stereocenters. The van der Waals surface area contributed by atoms with E-state index in [-0.39, 0.29) is 0 Å². The van der Waals surface area contributed by atoms with Gasteiger partial charge in [-0.2, -0.15) is 0 Å². The van der Waals surface area contributed by atoms with E-state index in [1.807, 2.05) is 0 Å². The van der Waals surface area contributed by atoms with E-state index in [1.165, 1.54) is 109 Å². The molecule has 0 aliphatic heterocycles. The highest BCUT2D eigenvalue weighted by molar-refractivity contribution is 5.71. The Balaban J connectivity index is 0.979. The van der Waals surface area contributed by atoms with E-state index in [4.69, 9.17) is 0 Å². The zero-order valence-corrected chi connectivity index (χ0v) is 22.8. The van der Waals surface area contributed by atoms with E-state index in [2.05, 4.69) is 36.4 Å². The van der Waals surface area contributed by atoms with Gasteiger partial charge in [0.1, 0.15) is 0 Å². The second kappa shape index (κ2) is 9.29. The van der Waals surface area contributed by atoms with Crippen molar-refractivity contribution in [3.8, 4) is 0 Å². The normalized spacial score (nSPS) is 23.5. The van der Waals surface area contributed by atoms with E-state index in [0.717, 1.165) is 23.7 Å². The molecule has 0 spiro atoms. The number of fused-ring (bicyclic) bond motifs is 2. The van der Waals surface area contributed by atoms with Gasteiger partial charge < -0.3 is 0 Å². The van der Waals surface area contributed by atoms with Crippen molar-refractivity contribution in [3.05, 3.63) is 79.9 Å². The molecule has 2 aromatic rings. The van der Waals surface area contributed by atoms with Gasteiger partial charge in [-0.1, -0.05) is 73.2 Å². The monoisotopic (exact) mass is 488 g/mol. The summed E-state index contributed by atoms with van der Waals surface area (Å²) in [5, 5.41) is 0. The lowest BCUT2D eigenvalue weighted by Crippen LogP contribution is -2.15. The number of hydrogen-bond donors (Lipinski definition) is 0. The smallest absolute Gasteiger partial charge is 0.00549 e. The average Bonchev–Trinajstić information content (AvgIpc) is 3.37. The molecule has 0 radical (unpaired) electrons. The third-order valence-electron chi connectivity index (χ3n) is 11.5. The Morgan fingerprint density at radius 2 is 0.811 bits per heavy atom. The van der Waals surface area contributed by atoms with Gasteiger partial charge >= 0.3 is 0 Å². The van der Waals surface area contributed by atoms with Crippen LogP contribution in [-0.4, -0.2) is 0 Å². The fourth-order valence-corrected chi connectivity index (χ4v) is 8.32. The van der Waals surface area contributed by atoms with Crippen LogP contribution in [0.5, 0.6) is 0 Å². The molecule has 0 saturated heterocycles. The second-order valence-corrected chi connectivity index (χ2v) is 13.6. The minimum absolute atomic E-state index is 0.844. The first kappa shape index (κ1) is 22.9. The molecule has 4 fully saturated rings. The Morgan fingerprint density at radius 3 is 1.16 bits per heavy atom. The predicted octanol–water partition coefficient (Wildman–Crippen LogP) is 10.5. The van der Waals surface area contributed by atoms with Crippen molar-refractivity contribution in [2.24, 2.45) is 0 Å². The molecule has 0 heteroatoms. The molecule has 4 saturated carbocycles. The van der Waals surface area contributed by atoms with Gasteiger partial charge in [0, 0.05) is 0 Å². The highest BCUT2D eigenvalue weighted by atomic mass is 14.4. The Kier molecular flexibility index (Phi) is 5.74. The van der Waals surface area contributed by atoms with Crippen molar-refractivity contribution in [2.75, 3.05) is 0 Å². The molecule has 0 unspecified atom stereocenters. The zero-order valence-electron chi connectivity index (χ0n) is 22.8. The minimum Gasteiger partial charge on any atom is -0.0652 e. The van der Waals surface area contributed by atoms with Crippen molar-refractivity contribution in [2.45, 2.75) is 133 Å². The summed E-state index contributed by atoms with van der Waals surface area (Å²) in [5.74, 6) is 3.40. The Bertz CT molecular complexity index is 1170. The maximum absolute atomic E-state index is 2.66. The fourth-order valence-electron chi connectivity index (χ4n) is 8.32. The highest BCUT2D eigenvalue weighted by Crippen LogP contribution is 2.49. The van der Waals surface area contributed by atoms with Gasteiger partial charge in [0.2, 0.25) is 0 Å². The first-order chi connectivity index (χ1) is 18.3. The lowest BCUT2D eigenvalue weighted by Gasteiger charge is -2.31. The van der Waals surface area contributed by atoms with Gasteiger partial charge in [0.15, 0.2) is 0 Å². The molecule has 6 aliphatic carbocycles. The third kappa shape index (κ3) is 3.92. The van der Waals surface area contributed by atoms with Crippen LogP contribution in [0.1, 0.15) is 164 Å². The largest absolute Gasteiger partial charge is 0.0652 e. The molecule has 0 nitrogen and oxygen atoms in total. The van der Waals surface area contributed by atoms with Crippen LogP contribution >= 0.6 is 0 Å². The summed E-state index contributed by atoms with van der Waals surface area (Å²) in [7, 11) is 0. The molecule has 0 N–H and O–H groups in total. The van der Waals surface area contributed by atoms with Crippen LogP contribution in [0, 0.1) is 0 Å². The summed E-state index contributed by atoms with van der Waals surface area (Å²) >= 11 is 0. The van der Waals surface area contributed by atoms with Crippen LogP contribution in [0.4, 0.5) is 0 Å². The lowest BCUT2D eigenvalue weighted by molar-refractivity contribution is 0.412. The summed E-state index contributed by atoms with van der Waals surface area (Å²) in [6, 6.07) is 10.2. The summed E-state index contributed by atoms with van der Waals surface area (Å²) in [5.41, 5.74) is 17.1. The van der Waals surface area contributed by atoms with Crippen LogP contribution in [0.15, 0.2) is 35.4 Å². The summed E-state index contributed by atoms with van der Waals surface area (Å²) < 4.78 is 0. The maximum atomic E-state index is 2.66. The quantitative estimate of drug-likeness (QED) is 0.346. The number of benzene rings is 2. The van der Waals surface area contributed by atoms with E-state index in [1.54, 1.807) is 55.7 Å². The lowest BCUT2D eigenvalue weighted by atomic mass is 9.73. The first-order valence-electron chi connectivity index (χ1n) is 16.0. The molecule has 8 rings (SSSR count). The highest BCUT2D eigenvalue weighted by Gasteiger charge is 2.32. The topological polar surface area (TPSA) is 0 Å². The van der Waals surface area contributed by atoms with Crippen LogP contribution in [0.2, 0.25) is 0 Å². The van der Waals surface area contributed by atoms with E-state index in [9.17, 15) is 0 Å². The summed E-state index contributed by atoms with van der Waals surface area (Å²) in [6.07, 6.45) is 28.8. The van der Waals surface area contributed by atoms with Gasteiger partial charge in [-0.15, -0.1) is 0 Å². The maximum Gasteiger partial charge on any atom is -0.00549 e. The Labute approximate surface area is 224 Å². The number of rotatable bonds is 8. The second-order valence-electron chi connectivity index (χ2n) is 13.6. The Hall–Kier alpha value is -2.08. The van der Waals surface area contributed by atoms with E-state index >= 15 is 0 Å². The van der Waals surface area contributed by atoms with Crippen LogP contribution in [0.3, 0.4) is 0 Å². The molecular formula is C37H44. The molecular weight excluding hydrogens is 444 g/mol. The Morgan fingerprint density at radius 1 is 0.459 bits per heavy atom. The van der Waals surface area contributed by atoms with Crippen LogP contribution < -0.4 is 0 Å². The van der Waals surface area contributed by atoms with Crippen molar-refractivity contribution in [1.29, 1.82) is 0 Å². The molecule has 0 amide bonds. The average molecular weight is 489 g/mol. The van der Waals surface area contributed by atoms with Crippen LogP contribution in [0.25, 0.3) is 12.2 Å².